The molecule has 1 aromatic rings. The van der Waals surface area contributed by atoms with Gasteiger partial charge in [-0.05, 0) is 37.3 Å². The van der Waals surface area contributed by atoms with Gasteiger partial charge in [-0.25, -0.2) is 0 Å². The van der Waals surface area contributed by atoms with Gasteiger partial charge in [0.1, 0.15) is 18.6 Å². The summed E-state index contributed by atoms with van der Waals surface area (Å²) in [5, 5.41) is 16.5. The average molecular weight is 464 g/mol. The average Bonchev–Trinajstić information content (AvgIpc) is 2.76. The highest BCUT2D eigenvalue weighted by molar-refractivity contribution is 5.93. The standard InChI is InChI=1S/C23H37N5O5/c1-15(2)12-18(27-21(31)17(25)10-6-7-11-24)23(33)28-19(22(32)26-14-20(29)30)13-16-8-4-3-5-9-16/h3-5,8-9,15,17-19H,6-7,10-14,24-25H2,1-2H3,(H,26,32)(H,27,31)(H,28,33)(H,29,30). The molecule has 0 aromatic heterocycles. The van der Waals surface area contributed by atoms with Gasteiger partial charge in [-0.3, -0.25) is 19.2 Å². The molecule has 10 heteroatoms. The van der Waals surface area contributed by atoms with Crippen molar-refractivity contribution in [2.75, 3.05) is 13.1 Å². The van der Waals surface area contributed by atoms with Crippen LogP contribution >= 0.6 is 0 Å². The number of unbranched alkanes of at least 4 members (excludes halogenated alkanes) is 1. The topological polar surface area (TPSA) is 177 Å². The molecule has 0 heterocycles. The fourth-order valence-electron chi connectivity index (χ4n) is 3.24. The van der Waals surface area contributed by atoms with Crippen molar-refractivity contribution < 1.29 is 24.3 Å². The Bertz CT molecular complexity index is 772. The molecule has 3 amide bonds. The van der Waals surface area contributed by atoms with Crippen molar-refractivity contribution in [3.05, 3.63) is 35.9 Å². The number of hydrogen-bond donors (Lipinski definition) is 6. The van der Waals surface area contributed by atoms with Crippen molar-refractivity contribution in [1.82, 2.24) is 16.0 Å². The van der Waals surface area contributed by atoms with Crippen LogP contribution in [0.1, 0.15) is 45.1 Å². The van der Waals surface area contributed by atoms with E-state index in [1.165, 1.54) is 0 Å². The second kappa shape index (κ2) is 15.0. The van der Waals surface area contributed by atoms with Crippen LogP contribution in [-0.2, 0) is 25.6 Å². The lowest BCUT2D eigenvalue weighted by atomic mass is 10.0. The number of amides is 3. The Morgan fingerprint density at radius 2 is 1.58 bits per heavy atom. The Morgan fingerprint density at radius 3 is 2.15 bits per heavy atom. The van der Waals surface area contributed by atoms with E-state index in [0.717, 1.165) is 12.0 Å². The van der Waals surface area contributed by atoms with Gasteiger partial charge in [0, 0.05) is 6.42 Å². The van der Waals surface area contributed by atoms with Gasteiger partial charge >= 0.3 is 5.97 Å². The molecule has 0 aliphatic rings. The van der Waals surface area contributed by atoms with Gasteiger partial charge in [0.25, 0.3) is 0 Å². The van der Waals surface area contributed by atoms with Crippen LogP contribution in [0.15, 0.2) is 30.3 Å². The molecule has 0 aliphatic heterocycles. The monoisotopic (exact) mass is 463 g/mol. The Labute approximate surface area is 194 Å². The summed E-state index contributed by atoms with van der Waals surface area (Å²) < 4.78 is 0. The number of carboxylic acids is 1. The molecule has 3 unspecified atom stereocenters. The first-order chi connectivity index (χ1) is 15.6. The molecular formula is C23H37N5O5. The number of carbonyl (C=O) groups is 4. The van der Waals surface area contributed by atoms with E-state index in [4.69, 9.17) is 16.6 Å². The summed E-state index contributed by atoms with van der Waals surface area (Å²) in [7, 11) is 0. The number of rotatable bonds is 15. The zero-order valence-corrected chi connectivity index (χ0v) is 19.4. The van der Waals surface area contributed by atoms with Crippen molar-refractivity contribution in [1.29, 1.82) is 0 Å². The Balaban J connectivity index is 2.92. The Hall–Kier alpha value is -2.98. The van der Waals surface area contributed by atoms with E-state index in [2.05, 4.69) is 16.0 Å². The fraction of sp³-hybridized carbons (Fsp3) is 0.565. The van der Waals surface area contributed by atoms with Crippen LogP contribution in [-0.4, -0.2) is 60.0 Å². The smallest absolute Gasteiger partial charge is 0.322 e. The number of aliphatic carboxylic acids is 1. The largest absolute Gasteiger partial charge is 0.480 e. The molecule has 0 radical (unpaired) electrons. The summed E-state index contributed by atoms with van der Waals surface area (Å²) in [5.41, 5.74) is 12.2. The molecule has 10 nitrogen and oxygen atoms in total. The first-order valence-electron chi connectivity index (χ1n) is 11.2. The maximum atomic E-state index is 13.1. The summed E-state index contributed by atoms with van der Waals surface area (Å²) in [6.07, 6.45) is 2.42. The maximum Gasteiger partial charge on any atom is 0.322 e. The number of carboxylic acid groups (broad SMARTS) is 1. The zero-order chi connectivity index (χ0) is 24.8. The molecule has 8 N–H and O–H groups in total. The van der Waals surface area contributed by atoms with E-state index in [1.807, 2.05) is 19.9 Å². The second-order valence-electron chi connectivity index (χ2n) is 8.44. The van der Waals surface area contributed by atoms with Crippen LogP contribution in [0.3, 0.4) is 0 Å². The minimum absolute atomic E-state index is 0.0860. The number of hydrogen-bond acceptors (Lipinski definition) is 6. The number of nitrogens with one attached hydrogen (secondary N) is 3. The third-order valence-corrected chi connectivity index (χ3v) is 4.98. The van der Waals surface area contributed by atoms with Gasteiger partial charge in [-0.2, -0.15) is 0 Å². The van der Waals surface area contributed by atoms with Crippen LogP contribution in [0, 0.1) is 5.92 Å². The lowest BCUT2D eigenvalue weighted by molar-refractivity contribution is -0.138. The van der Waals surface area contributed by atoms with Crippen LogP contribution < -0.4 is 27.4 Å². The van der Waals surface area contributed by atoms with Crippen molar-refractivity contribution >= 4 is 23.7 Å². The summed E-state index contributed by atoms with van der Waals surface area (Å²) in [6, 6.07) is 6.38. The normalized spacial score (nSPS) is 13.6. The number of carbonyl (C=O) groups excluding carboxylic acids is 3. The molecule has 3 atom stereocenters. The van der Waals surface area contributed by atoms with Gasteiger partial charge in [-0.1, -0.05) is 50.6 Å². The van der Waals surface area contributed by atoms with Crippen LogP contribution in [0.25, 0.3) is 0 Å². The first kappa shape index (κ1) is 28.1. The highest BCUT2D eigenvalue weighted by atomic mass is 16.4. The van der Waals surface area contributed by atoms with E-state index >= 15 is 0 Å². The van der Waals surface area contributed by atoms with Gasteiger partial charge in [0.15, 0.2) is 0 Å². The van der Waals surface area contributed by atoms with E-state index in [9.17, 15) is 19.2 Å². The third kappa shape index (κ3) is 11.4. The molecule has 0 spiro atoms. The predicted molar refractivity (Wildman–Crippen MR) is 125 cm³/mol. The molecule has 0 aliphatic carbocycles. The molecule has 0 saturated carbocycles. The summed E-state index contributed by atoms with van der Waals surface area (Å²) in [5.74, 6) is -2.70. The molecule has 0 bridgehead atoms. The zero-order valence-electron chi connectivity index (χ0n) is 19.4. The predicted octanol–water partition coefficient (Wildman–Crippen LogP) is -0.0981. The van der Waals surface area contributed by atoms with Crippen LogP contribution in [0.2, 0.25) is 0 Å². The number of nitrogens with two attached hydrogens (primary N) is 2. The molecule has 184 valence electrons. The lowest BCUT2D eigenvalue weighted by Crippen LogP contribution is -2.56. The Morgan fingerprint density at radius 1 is 0.939 bits per heavy atom. The van der Waals surface area contributed by atoms with E-state index in [0.29, 0.717) is 25.8 Å². The minimum Gasteiger partial charge on any atom is -0.480 e. The molecule has 0 fully saturated rings. The lowest BCUT2D eigenvalue weighted by Gasteiger charge is -2.25. The van der Waals surface area contributed by atoms with Crippen molar-refractivity contribution in [2.45, 2.75) is 64.1 Å². The SMILES string of the molecule is CC(C)CC(NC(=O)C(N)CCCCN)C(=O)NC(Cc1ccccc1)C(=O)NCC(=O)O. The first-order valence-corrected chi connectivity index (χ1v) is 11.2. The minimum atomic E-state index is -1.19. The summed E-state index contributed by atoms with van der Waals surface area (Å²) in [6.45, 7) is 3.77. The molecule has 1 rings (SSSR count). The van der Waals surface area contributed by atoms with Crippen molar-refractivity contribution in [3.63, 3.8) is 0 Å². The van der Waals surface area contributed by atoms with E-state index in [1.54, 1.807) is 24.3 Å². The second-order valence-corrected chi connectivity index (χ2v) is 8.44. The Kier molecular flexibility index (Phi) is 12.7. The quantitative estimate of drug-likeness (QED) is 0.197. The highest BCUT2D eigenvalue weighted by Gasteiger charge is 2.29. The van der Waals surface area contributed by atoms with Gasteiger partial charge in [0.2, 0.25) is 17.7 Å². The number of benzene rings is 1. The summed E-state index contributed by atoms with van der Waals surface area (Å²) in [4.78, 5) is 49.0. The highest BCUT2D eigenvalue weighted by Crippen LogP contribution is 2.09. The molecular weight excluding hydrogens is 426 g/mol. The van der Waals surface area contributed by atoms with Gasteiger partial charge < -0.3 is 32.5 Å². The summed E-state index contributed by atoms with van der Waals surface area (Å²) >= 11 is 0. The maximum absolute atomic E-state index is 13.1. The van der Waals surface area contributed by atoms with Gasteiger partial charge in [-0.15, -0.1) is 0 Å². The third-order valence-electron chi connectivity index (χ3n) is 4.98. The van der Waals surface area contributed by atoms with E-state index in [-0.39, 0.29) is 12.3 Å². The molecule has 33 heavy (non-hydrogen) atoms. The van der Waals surface area contributed by atoms with Crippen molar-refractivity contribution in [2.24, 2.45) is 17.4 Å². The molecule has 0 saturated heterocycles. The molecule has 1 aromatic carbocycles. The van der Waals surface area contributed by atoms with Crippen LogP contribution in [0.5, 0.6) is 0 Å². The van der Waals surface area contributed by atoms with E-state index < -0.39 is 48.4 Å². The fourth-order valence-corrected chi connectivity index (χ4v) is 3.24. The van der Waals surface area contributed by atoms with Crippen molar-refractivity contribution in [3.8, 4) is 0 Å². The van der Waals surface area contributed by atoms with Crippen LogP contribution in [0.4, 0.5) is 0 Å². The van der Waals surface area contributed by atoms with Gasteiger partial charge in [0.05, 0.1) is 6.04 Å².